The lowest BCUT2D eigenvalue weighted by molar-refractivity contribution is -0.142. The van der Waals surface area contributed by atoms with Crippen molar-refractivity contribution in [2.45, 2.75) is 46.3 Å². The minimum atomic E-state index is -0.230. The van der Waals surface area contributed by atoms with Gasteiger partial charge in [-0.3, -0.25) is 4.79 Å². The lowest BCUT2D eigenvalue weighted by atomic mass is 10.1. The molecule has 0 radical (unpaired) electrons. The highest BCUT2D eigenvalue weighted by Gasteiger charge is 2.30. The molecule has 2 saturated heterocycles. The van der Waals surface area contributed by atoms with Crippen LogP contribution in [0, 0.1) is 6.92 Å². The summed E-state index contributed by atoms with van der Waals surface area (Å²) >= 11 is 0. The number of aliphatic imine (C=N–C) groups is 1. The maximum atomic E-state index is 12.5. The summed E-state index contributed by atoms with van der Waals surface area (Å²) in [7, 11) is 0. The predicted octanol–water partition coefficient (Wildman–Crippen LogP) is 2.80. The van der Waals surface area contributed by atoms with Crippen LogP contribution in [-0.4, -0.2) is 73.7 Å². The van der Waals surface area contributed by atoms with Gasteiger partial charge in [0.2, 0.25) is 0 Å². The molecule has 1 atom stereocenters. The maximum Gasteiger partial charge on any atom is 0.251 e. The van der Waals surface area contributed by atoms with Crippen LogP contribution in [0.2, 0.25) is 0 Å². The van der Waals surface area contributed by atoms with Gasteiger partial charge in [0.25, 0.3) is 5.91 Å². The van der Waals surface area contributed by atoms with Crippen molar-refractivity contribution in [2.75, 3.05) is 45.9 Å². The van der Waals surface area contributed by atoms with Crippen LogP contribution in [0.1, 0.15) is 37.8 Å². The molecule has 7 nitrogen and oxygen atoms in total. The third kappa shape index (κ3) is 6.47. The van der Waals surface area contributed by atoms with Crippen molar-refractivity contribution >= 4 is 35.8 Å². The van der Waals surface area contributed by atoms with Crippen LogP contribution in [-0.2, 0) is 16.1 Å². The zero-order chi connectivity index (χ0) is 20.6. The Bertz CT molecular complexity index is 714. The quantitative estimate of drug-likeness (QED) is 0.348. The first kappa shape index (κ1) is 24.7. The second kappa shape index (κ2) is 12.3. The molecule has 0 aromatic heterocycles. The average molecular weight is 530 g/mol. The summed E-state index contributed by atoms with van der Waals surface area (Å²) in [6.07, 6.45) is 1.61. The first-order valence-electron chi connectivity index (χ1n) is 10.8. The van der Waals surface area contributed by atoms with E-state index in [1.54, 1.807) is 0 Å². The fourth-order valence-corrected chi connectivity index (χ4v) is 3.83. The van der Waals surface area contributed by atoms with E-state index >= 15 is 0 Å². The first-order valence-corrected chi connectivity index (χ1v) is 10.8. The normalized spacial score (nSPS) is 19.4. The zero-order valence-corrected chi connectivity index (χ0v) is 20.7. The molecule has 1 N–H and O–H groups in total. The molecular weight excluding hydrogens is 495 g/mol. The van der Waals surface area contributed by atoms with Gasteiger partial charge in [0.1, 0.15) is 11.9 Å². The number of ether oxygens (including phenoxy) is 2. The molecular formula is C22H35IN4O3. The number of benzene rings is 1. The Hall–Kier alpha value is -1.55. The van der Waals surface area contributed by atoms with Gasteiger partial charge in [-0.25, -0.2) is 4.99 Å². The van der Waals surface area contributed by atoms with Gasteiger partial charge in [-0.2, -0.15) is 0 Å². The van der Waals surface area contributed by atoms with Crippen LogP contribution in [0.15, 0.2) is 23.2 Å². The number of halogens is 1. The number of amides is 1. The Morgan fingerprint density at radius 1 is 1.23 bits per heavy atom. The lowest BCUT2D eigenvalue weighted by Gasteiger charge is -2.37. The van der Waals surface area contributed by atoms with Gasteiger partial charge in [0.15, 0.2) is 5.96 Å². The van der Waals surface area contributed by atoms with Gasteiger partial charge in [-0.1, -0.05) is 12.1 Å². The van der Waals surface area contributed by atoms with E-state index in [4.69, 9.17) is 14.5 Å². The van der Waals surface area contributed by atoms with Crippen LogP contribution in [0.3, 0.4) is 0 Å². The summed E-state index contributed by atoms with van der Waals surface area (Å²) in [6, 6.07) is 6.23. The summed E-state index contributed by atoms with van der Waals surface area (Å²) in [5.74, 6) is 1.98. The number of carbonyl (C=O) groups excluding carboxylic acids is 1. The van der Waals surface area contributed by atoms with Crippen LogP contribution >= 0.6 is 24.0 Å². The molecule has 3 rings (SSSR count). The molecule has 168 valence electrons. The van der Waals surface area contributed by atoms with Crippen molar-refractivity contribution in [3.63, 3.8) is 0 Å². The molecule has 1 aromatic carbocycles. The van der Waals surface area contributed by atoms with E-state index in [0.29, 0.717) is 32.8 Å². The Morgan fingerprint density at radius 3 is 2.57 bits per heavy atom. The van der Waals surface area contributed by atoms with Gasteiger partial charge in [-0.05, 0) is 50.8 Å². The number of hydrogen-bond acceptors (Lipinski definition) is 4. The van der Waals surface area contributed by atoms with Crippen molar-refractivity contribution in [1.29, 1.82) is 0 Å². The second-order valence-corrected chi connectivity index (χ2v) is 7.52. The van der Waals surface area contributed by atoms with Gasteiger partial charge in [-0.15, -0.1) is 24.0 Å². The molecule has 30 heavy (non-hydrogen) atoms. The number of hydrogen-bond donors (Lipinski definition) is 1. The van der Waals surface area contributed by atoms with Gasteiger partial charge < -0.3 is 24.6 Å². The van der Waals surface area contributed by atoms with Gasteiger partial charge in [0, 0.05) is 39.3 Å². The van der Waals surface area contributed by atoms with E-state index < -0.39 is 0 Å². The second-order valence-electron chi connectivity index (χ2n) is 7.52. The molecule has 1 unspecified atom stereocenters. The van der Waals surface area contributed by atoms with Crippen molar-refractivity contribution in [2.24, 2.45) is 4.99 Å². The minimum absolute atomic E-state index is 0. The smallest absolute Gasteiger partial charge is 0.251 e. The molecule has 0 aliphatic carbocycles. The van der Waals surface area contributed by atoms with Gasteiger partial charge >= 0.3 is 0 Å². The first-order chi connectivity index (χ1) is 14.1. The van der Waals surface area contributed by atoms with Crippen molar-refractivity contribution in [3.8, 4) is 5.75 Å². The van der Waals surface area contributed by atoms with E-state index in [0.717, 1.165) is 55.3 Å². The molecule has 2 aliphatic heterocycles. The number of guanidine groups is 1. The molecule has 1 amide bonds. The Morgan fingerprint density at radius 2 is 1.97 bits per heavy atom. The molecule has 0 spiro atoms. The number of aryl methyl sites for hydroxylation is 1. The van der Waals surface area contributed by atoms with E-state index in [1.165, 1.54) is 0 Å². The maximum absolute atomic E-state index is 12.5. The monoisotopic (exact) mass is 530 g/mol. The molecule has 0 saturated carbocycles. The van der Waals surface area contributed by atoms with Crippen LogP contribution < -0.4 is 10.1 Å². The van der Waals surface area contributed by atoms with E-state index in [2.05, 4.69) is 36.2 Å². The summed E-state index contributed by atoms with van der Waals surface area (Å²) in [5.41, 5.74) is 2.29. The number of piperazine rings is 1. The average Bonchev–Trinajstić information content (AvgIpc) is 3.27. The largest absolute Gasteiger partial charge is 0.494 e. The summed E-state index contributed by atoms with van der Waals surface area (Å²) < 4.78 is 11.2. The number of nitrogens with zero attached hydrogens (tertiary/aromatic N) is 3. The molecule has 0 bridgehead atoms. The highest BCUT2D eigenvalue weighted by Crippen LogP contribution is 2.20. The van der Waals surface area contributed by atoms with E-state index in [9.17, 15) is 4.79 Å². The van der Waals surface area contributed by atoms with Crippen LogP contribution in [0.4, 0.5) is 0 Å². The summed E-state index contributed by atoms with van der Waals surface area (Å²) in [4.78, 5) is 21.6. The third-order valence-corrected chi connectivity index (χ3v) is 5.38. The standard InChI is InChI=1S/C22H34N4O3.HI/c1-4-23-22(24-16-18-8-9-19(28-5-2)17(3)15-18)26-12-10-25(11-13-26)21(27)20-7-6-14-29-20;/h8-9,15,20H,4-7,10-14,16H2,1-3H3,(H,23,24);1H. The Labute approximate surface area is 197 Å². The zero-order valence-electron chi connectivity index (χ0n) is 18.4. The Kier molecular flexibility index (Phi) is 10.2. The lowest BCUT2D eigenvalue weighted by Crippen LogP contribution is -2.55. The number of nitrogens with one attached hydrogen (secondary N) is 1. The molecule has 8 heteroatoms. The predicted molar refractivity (Wildman–Crippen MR) is 130 cm³/mol. The van der Waals surface area contributed by atoms with E-state index in [-0.39, 0.29) is 36.0 Å². The number of rotatable bonds is 6. The molecule has 2 aliphatic rings. The summed E-state index contributed by atoms with van der Waals surface area (Å²) in [5, 5.41) is 3.39. The highest BCUT2D eigenvalue weighted by atomic mass is 127. The van der Waals surface area contributed by atoms with Crippen LogP contribution in [0.25, 0.3) is 0 Å². The fourth-order valence-electron chi connectivity index (χ4n) is 3.83. The number of carbonyl (C=O) groups is 1. The molecule has 2 heterocycles. The molecule has 1 aromatic rings. The van der Waals surface area contributed by atoms with Crippen molar-refractivity contribution in [3.05, 3.63) is 29.3 Å². The highest BCUT2D eigenvalue weighted by molar-refractivity contribution is 14.0. The van der Waals surface area contributed by atoms with Crippen molar-refractivity contribution in [1.82, 2.24) is 15.1 Å². The van der Waals surface area contributed by atoms with Crippen molar-refractivity contribution < 1.29 is 14.3 Å². The fraction of sp³-hybridized carbons (Fsp3) is 0.636. The molecule has 2 fully saturated rings. The summed E-state index contributed by atoms with van der Waals surface area (Å²) in [6.45, 7) is 11.9. The Balaban J connectivity index is 0.00000320. The van der Waals surface area contributed by atoms with Gasteiger partial charge in [0.05, 0.1) is 13.2 Å². The third-order valence-electron chi connectivity index (χ3n) is 5.38. The minimum Gasteiger partial charge on any atom is -0.494 e. The SMILES string of the molecule is CCNC(=NCc1ccc(OCC)c(C)c1)N1CCN(C(=O)C2CCCO2)CC1.I. The van der Waals surface area contributed by atoms with Crippen LogP contribution in [0.5, 0.6) is 5.75 Å². The van der Waals surface area contributed by atoms with E-state index in [1.807, 2.05) is 17.9 Å². The topological polar surface area (TPSA) is 66.4 Å².